The summed E-state index contributed by atoms with van der Waals surface area (Å²) >= 11 is 3.32. The molecule has 2 rings (SSSR count). The lowest BCUT2D eigenvalue weighted by molar-refractivity contribution is 0.0694. The Morgan fingerprint density at radius 2 is 2.00 bits per heavy atom. The first-order valence-corrected chi connectivity index (χ1v) is 7.16. The molecule has 0 aliphatic heterocycles. The number of aromatic nitrogens is 1. The second kappa shape index (κ2) is 6.69. The predicted octanol–water partition coefficient (Wildman–Crippen LogP) is 2.83. The number of halogens is 1. The molecule has 110 valence electrons. The Hall–Kier alpha value is -1.92. The lowest BCUT2D eigenvalue weighted by Gasteiger charge is -2.15. The number of carboxylic acid groups (broad SMARTS) is 1. The zero-order valence-corrected chi connectivity index (χ0v) is 13.0. The lowest BCUT2D eigenvalue weighted by atomic mass is 10.2. The summed E-state index contributed by atoms with van der Waals surface area (Å²) in [6.45, 7) is 2.56. The molecule has 0 atom stereocenters. The number of carboxylic acids is 1. The molecule has 1 heterocycles. The van der Waals surface area contributed by atoms with Crippen LogP contribution in [0.3, 0.4) is 0 Å². The Kier molecular flexibility index (Phi) is 4.93. The number of carbonyl (C=O) groups is 1. The van der Waals surface area contributed by atoms with Gasteiger partial charge >= 0.3 is 5.97 Å². The predicted molar refractivity (Wildman–Crippen MR) is 82.0 cm³/mol. The average Bonchev–Trinajstić information content (AvgIpc) is 2.48. The summed E-state index contributed by atoms with van der Waals surface area (Å²) in [5.41, 5.74) is 0.316. The molecule has 0 spiro atoms. The van der Waals surface area contributed by atoms with E-state index in [1.165, 1.54) is 10.6 Å². The summed E-state index contributed by atoms with van der Waals surface area (Å²) in [6.07, 6.45) is 0. The Balaban J connectivity index is 2.73. The highest BCUT2D eigenvalue weighted by atomic mass is 79.9. The maximum atomic E-state index is 12.5. The molecule has 0 fully saturated rings. The van der Waals surface area contributed by atoms with Crippen LogP contribution >= 0.6 is 15.9 Å². The van der Waals surface area contributed by atoms with E-state index < -0.39 is 11.5 Å². The van der Waals surface area contributed by atoms with Gasteiger partial charge in [-0.3, -0.25) is 9.36 Å². The van der Waals surface area contributed by atoms with Crippen molar-refractivity contribution < 1.29 is 14.6 Å². The van der Waals surface area contributed by atoms with Gasteiger partial charge in [0.05, 0.1) is 12.3 Å². The zero-order chi connectivity index (χ0) is 15.4. The van der Waals surface area contributed by atoms with Crippen LogP contribution in [0.25, 0.3) is 5.69 Å². The van der Waals surface area contributed by atoms with E-state index in [0.717, 1.165) is 0 Å². The van der Waals surface area contributed by atoms with Gasteiger partial charge in [0, 0.05) is 16.8 Å². The highest BCUT2D eigenvalue weighted by Gasteiger charge is 2.18. The van der Waals surface area contributed by atoms with Crippen molar-refractivity contribution in [1.29, 1.82) is 0 Å². The molecule has 5 nitrogen and oxygen atoms in total. The van der Waals surface area contributed by atoms with Crippen LogP contribution in [-0.4, -0.2) is 22.2 Å². The first-order chi connectivity index (χ1) is 10.1. The Morgan fingerprint density at radius 3 is 2.57 bits per heavy atom. The minimum atomic E-state index is -1.26. The van der Waals surface area contributed by atoms with Gasteiger partial charge in [-0.1, -0.05) is 18.2 Å². The maximum absolute atomic E-state index is 12.5. The molecule has 6 heteroatoms. The van der Waals surface area contributed by atoms with Gasteiger partial charge in [-0.05, 0) is 41.1 Å². The number of hydrogen-bond acceptors (Lipinski definition) is 3. The van der Waals surface area contributed by atoms with E-state index in [4.69, 9.17) is 9.84 Å². The van der Waals surface area contributed by atoms with Crippen molar-refractivity contribution in [3.05, 3.63) is 62.5 Å². The standard InChI is InChI=1S/C15H14BrNO4/c1-2-21-9-13-12(16)8-11(15(19)20)14(18)17(13)10-6-4-3-5-7-10/h3-8H,2,9H2,1H3,(H,19,20). The van der Waals surface area contributed by atoms with E-state index in [-0.39, 0.29) is 12.2 Å². The second-order valence-corrected chi connectivity index (χ2v) is 5.13. The molecule has 1 N–H and O–H groups in total. The van der Waals surface area contributed by atoms with Crippen molar-refractivity contribution in [3.8, 4) is 5.69 Å². The van der Waals surface area contributed by atoms with Gasteiger partial charge < -0.3 is 9.84 Å². The SMILES string of the molecule is CCOCc1c(Br)cc(C(=O)O)c(=O)n1-c1ccccc1. The van der Waals surface area contributed by atoms with Gasteiger partial charge in [0.1, 0.15) is 5.56 Å². The normalized spacial score (nSPS) is 10.6. The third-order valence-corrected chi connectivity index (χ3v) is 3.62. The highest BCUT2D eigenvalue weighted by molar-refractivity contribution is 9.10. The fourth-order valence-electron chi connectivity index (χ4n) is 1.96. The molecule has 21 heavy (non-hydrogen) atoms. The number of pyridine rings is 1. The first kappa shape index (κ1) is 15.5. The summed E-state index contributed by atoms with van der Waals surface area (Å²) in [4.78, 5) is 23.7. The van der Waals surface area contributed by atoms with Crippen LogP contribution in [0.4, 0.5) is 0 Å². The summed E-state index contributed by atoms with van der Waals surface area (Å²) in [5.74, 6) is -1.26. The van der Waals surface area contributed by atoms with Crippen LogP contribution in [-0.2, 0) is 11.3 Å². The molecule has 0 saturated carbocycles. The van der Waals surface area contributed by atoms with E-state index in [1.807, 2.05) is 13.0 Å². The van der Waals surface area contributed by atoms with E-state index in [1.54, 1.807) is 24.3 Å². The molecule has 0 saturated heterocycles. The van der Waals surface area contributed by atoms with Crippen molar-refractivity contribution in [3.63, 3.8) is 0 Å². The number of para-hydroxylation sites is 1. The quantitative estimate of drug-likeness (QED) is 0.899. The molecule has 1 aromatic heterocycles. The molecule has 2 aromatic rings. The van der Waals surface area contributed by atoms with Crippen LogP contribution in [0.2, 0.25) is 0 Å². The fourth-order valence-corrected chi connectivity index (χ4v) is 2.48. The summed E-state index contributed by atoms with van der Waals surface area (Å²) in [6, 6.07) is 10.2. The smallest absolute Gasteiger partial charge is 0.341 e. The number of hydrogen-bond donors (Lipinski definition) is 1. The highest BCUT2D eigenvalue weighted by Crippen LogP contribution is 2.21. The third-order valence-electron chi connectivity index (χ3n) is 2.94. The number of nitrogens with zero attached hydrogens (tertiary/aromatic N) is 1. The third kappa shape index (κ3) is 3.22. The van der Waals surface area contributed by atoms with E-state index in [9.17, 15) is 9.59 Å². The van der Waals surface area contributed by atoms with Gasteiger partial charge in [-0.2, -0.15) is 0 Å². The molecule has 0 bridgehead atoms. The molecule has 0 unspecified atom stereocenters. The van der Waals surface area contributed by atoms with E-state index in [0.29, 0.717) is 22.5 Å². The average molecular weight is 352 g/mol. The van der Waals surface area contributed by atoms with Gasteiger partial charge in [0.25, 0.3) is 5.56 Å². The summed E-state index contributed by atoms with van der Waals surface area (Å²) in [7, 11) is 0. The minimum Gasteiger partial charge on any atom is -0.477 e. The van der Waals surface area contributed by atoms with Gasteiger partial charge in [-0.15, -0.1) is 0 Å². The van der Waals surface area contributed by atoms with Crippen LogP contribution < -0.4 is 5.56 Å². The van der Waals surface area contributed by atoms with Crippen LogP contribution in [0.5, 0.6) is 0 Å². The molecule has 0 aliphatic rings. The van der Waals surface area contributed by atoms with Gasteiger partial charge in [-0.25, -0.2) is 4.79 Å². The molecule has 0 radical (unpaired) electrons. The molecule has 0 aliphatic carbocycles. The molecule has 0 amide bonds. The lowest BCUT2D eigenvalue weighted by Crippen LogP contribution is -2.28. The van der Waals surface area contributed by atoms with Crippen molar-refractivity contribution in [2.45, 2.75) is 13.5 Å². The van der Waals surface area contributed by atoms with E-state index >= 15 is 0 Å². The van der Waals surface area contributed by atoms with Gasteiger partial charge in [0.2, 0.25) is 0 Å². The summed E-state index contributed by atoms with van der Waals surface area (Å²) in [5, 5.41) is 9.16. The number of rotatable bonds is 5. The largest absolute Gasteiger partial charge is 0.477 e. The number of benzene rings is 1. The maximum Gasteiger partial charge on any atom is 0.341 e. The second-order valence-electron chi connectivity index (χ2n) is 4.27. The van der Waals surface area contributed by atoms with Crippen molar-refractivity contribution in [2.75, 3.05) is 6.61 Å². The fraction of sp³-hybridized carbons (Fsp3) is 0.200. The number of aromatic carboxylic acids is 1. The molecular weight excluding hydrogens is 338 g/mol. The Bertz CT molecular complexity index is 710. The number of ether oxygens (including phenoxy) is 1. The zero-order valence-electron chi connectivity index (χ0n) is 11.4. The molecule has 1 aromatic carbocycles. The van der Waals surface area contributed by atoms with E-state index in [2.05, 4.69) is 15.9 Å². The van der Waals surface area contributed by atoms with Crippen molar-refractivity contribution in [2.24, 2.45) is 0 Å². The van der Waals surface area contributed by atoms with Crippen LogP contribution in [0, 0.1) is 0 Å². The molecular formula is C15H14BrNO4. The topological polar surface area (TPSA) is 68.5 Å². The first-order valence-electron chi connectivity index (χ1n) is 6.37. The Morgan fingerprint density at radius 1 is 1.33 bits per heavy atom. The van der Waals surface area contributed by atoms with Gasteiger partial charge in [0.15, 0.2) is 0 Å². The summed E-state index contributed by atoms with van der Waals surface area (Å²) < 4.78 is 7.27. The van der Waals surface area contributed by atoms with Crippen molar-refractivity contribution in [1.82, 2.24) is 4.57 Å². The van der Waals surface area contributed by atoms with Crippen molar-refractivity contribution >= 4 is 21.9 Å². The minimum absolute atomic E-state index is 0.209. The van der Waals surface area contributed by atoms with Crippen LogP contribution in [0.15, 0.2) is 45.7 Å². The van der Waals surface area contributed by atoms with Crippen LogP contribution in [0.1, 0.15) is 23.0 Å². The Labute approximate surface area is 129 Å². The monoisotopic (exact) mass is 351 g/mol.